The van der Waals surface area contributed by atoms with Gasteiger partial charge < -0.3 is 16.0 Å². The molecule has 2 aromatic heterocycles. The molecule has 0 radical (unpaired) electrons. The predicted octanol–water partition coefficient (Wildman–Crippen LogP) is 1.87. The summed E-state index contributed by atoms with van der Waals surface area (Å²) in [4.78, 5) is 11.3. The van der Waals surface area contributed by atoms with Gasteiger partial charge in [0.05, 0.1) is 6.04 Å². The van der Waals surface area contributed by atoms with Gasteiger partial charge in [0.25, 0.3) is 0 Å². The van der Waals surface area contributed by atoms with Gasteiger partial charge >= 0.3 is 0 Å². The number of aromatic amines is 1. The Morgan fingerprint density at radius 3 is 2.88 bits per heavy atom. The third-order valence-electron chi connectivity index (χ3n) is 2.39. The second-order valence-corrected chi connectivity index (χ2v) is 3.74. The molecular formula is C11H15N5. The molecule has 0 bridgehead atoms. The van der Waals surface area contributed by atoms with E-state index in [-0.39, 0.29) is 6.04 Å². The van der Waals surface area contributed by atoms with Crippen LogP contribution in [-0.2, 0) is 0 Å². The minimum atomic E-state index is 0.124. The molecule has 0 saturated carbocycles. The van der Waals surface area contributed by atoms with Crippen LogP contribution in [0.2, 0.25) is 0 Å². The number of imidazole rings is 1. The predicted molar refractivity (Wildman–Crippen MR) is 64.0 cm³/mol. The van der Waals surface area contributed by atoms with E-state index in [9.17, 15) is 0 Å². The van der Waals surface area contributed by atoms with Crippen LogP contribution >= 0.6 is 0 Å². The molecule has 1 atom stereocenters. The second-order valence-electron chi connectivity index (χ2n) is 3.74. The van der Waals surface area contributed by atoms with E-state index in [0.717, 1.165) is 11.4 Å². The van der Waals surface area contributed by atoms with Crippen LogP contribution in [0.25, 0.3) is 0 Å². The lowest BCUT2D eigenvalue weighted by Crippen LogP contribution is -2.08. The Kier molecular flexibility index (Phi) is 2.76. The number of hydrogen-bond acceptors (Lipinski definition) is 4. The van der Waals surface area contributed by atoms with E-state index >= 15 is 0 Å². The lowest BCUT2D eigenvalue weighted by molar-refractivity contribution is 0.868. The molecule has 0 aliphatic carbocycles. The van der Waals surface area contributed by atoms with Gasteiger partial charge in [-0.05, 0) is 25.5 Å². The van der Waals surface area contributed by atoms with Crippen molar-refractivity contribution in [1.82, 2.24) is 15.0 Å². The zero-order chi connectivity index (χ0) is 11.5. The molecule has 0 saturated heterocycles. The topological polar surface area (TPSA) is 79.6 Å². The summed E-state index contributed by atoms with van der Waals surface area (Å²) in [5.41, 5.74) is 6.87. The number of aromatic nitrogens is 3. The summed E-state index contributed by atoms with van der Waals surface area (Å²) < 4.78 is 0. The van der Waals surface area contributed by atoms with Crippen molar-refractivity contribution in [3.05, 3.63) is 35.9 Å². The van der Waals surface area contributed by atoms with Crippen molar-refractivity contribution in [2.75, 3.05) is 11.1 Å². The zero-order valence-corrected chi connectivity index (χ0v) is 9.36. The Hall–Kier alpha value is -2.04. The third kappa shape index (κ3) is 2.13. The quantitative estimate of drug-likeness (QED) is 0.733. The van der Waals surface area contributed by atoms with Gasteiger partial charge in [0.1, 0.15) is 11.6 Å². The average molecular weight is 217 g/mol. The molecule has 84 valence electrons. The van der Waals surface area contributed by atoms with Crippen LogP contribution in [0.4, 0.5) is 11.6 Å². The first-order chi connectivity index (χ1) is 7.66. The number of rotatable bonds is 3. The maximum atomic E-state index is 5.77. The van der Waals surface area contributed by atoms with Crippen molar-refractivity contribution < 1.29 is 0 Å². The lowest BCUT2D eigenvalue weighted by Gasteiger charge is -2.13. The van der Waals surface area contributed by atoms with Gasteiger partial charge in [0.2, 0.25) is 0 Å². The molecule has 2 heterocycles. The van der Waals surface area contributed by atoms with Crippen molar-refractivity contribution >= 4 is 11.6 Å². The summed E-state index contributed by atoms with van der Waals surface area (Å²) in [6, 6.07) is 4.05. The number of nitrogen functional groups attached to an aromatic ring is 1. The Morgan fingerprint density at radius 2 is 2.31 bits per heavy atom. The molecule has 1 unspecified atom stereocenters. The summed E-state index contributed by atoms with van der Waals surface area (Å²) in [5, 5.41) is 3.24. The highest BCUT2D eigenvalue weighted by Crippen LogP contribution is 2.21. The molecule has 5 nitrogen and oxygen atoms in total. The van der Waals surface area contributed by atoms with Crippen molar-refractivity contribution in [3.8, 4) is 0 Å². The Morgan fingerprint density at radius 1 is 1.50 bits per heavy atom. The number of pyridine rings is 1. The molecule has 2 rings (SSSR count). The van der Waals surface area contributed by atoms with Gasteiger partial charge in [-0.25, -0.2) is 4.98 Å². The summed E-state index contributed by atoms with van der Waals surface area (Å²) in [6.45, 7) is 3.91. The van der Waals surface area contributed by atoms with Crippen molar-refractivity contribution in [1.29, 1.82) is 0 Å². The fraction of sp³-hybridized carbons (Fsp3) is 0.273. The monoisotopic (exact) mass is 217 g/mol. The Bertz CT molecular complexity index is 462. The number of hydrogen-bond donors (Lipinski definition) is 3. The Balaban J connectivity index is 2.14. The fourth-order valence-electron chi connectivity index (χ4n) is 1.54. The van der Waals surface area contributed by atoms with Gasteiger partial charge in [-0.2, -0.15) is 0 Å². The molecule has 4 N–H and O–H groups in total. The van der Waals surface area contributed by atoms with Gasteiger partial charge in [-0.1, -0.05) is 6.07 Å². The standard InChI is InChI=1S/C11H15N5/c1-7(9-4-3-5-13-6-9)14-11-10(12)15-8(2)16-11/h3-7,14H,12H2,1-2H3,(H,15,16). The van der Waals surface area contributed by atoms with E-state index in [2.05, 4.69) is 20.3 Å². The number of H-pyrrole nitrogens is 1. The maximum absolute atomic E-state index is 5.77. The van der Waals surface area contributed by atoms with Crippen LogP contribution in [0, 0.1) is 6.92 Å². The first kappa shape index (κ1) is 10.5. The van der Waals surface area contributed by atoms with Gasteiger partial charge in [-0.15, -0.1) is 0 Å². The summed E-state index contributed by atoms with van der Waals surface area (Å²) in [5.74, 6) is 2.06. The molecule has 2 aromatic rings. The van der Waals surface area contributed by atoms with Crippen molar-refractivity contribution in [3.63, 3.8) is 0 Å². The molecule has 0 amide bonds. The van der Waals surface area contributed by atoms with Gasteiger partial charge in [-0.3, -0.25) is 4.98 Å². The molecule has 0 fully saturated rings. The van der Waals surface area contributed by atoms with Crippen LogP contribution in [-0.4, -0.2) is 15.0 Å². The lowest BCUT2D eigenvalue weighted by atomic mass is 10.1. The van der Waals surface area contributed by atoms with Crippen LogP contribution in [0.1, 0.15) is 24.4 Å². The SMILES string of the molecule is Cc1nc(NC(C)c2cccnc2)c(N)[nH]1. The van der Waals surface area contributed by atoms with Gasteiger partial charge in [0.15, 0.2) is 5.82 Å². The molecule has 5 heteroatoms. The molecule has 0 aliphatic rings. The van der Waals surface area contributed by atoms with E-state index in [1.807, 2.05) is 32.2 Å². The Labute approximate surface area is 94.1 Å². The zero-order valence-electron chi connectivity index (χ0n) is 9.36. The maximum Gasteiger partial charge on any atom is 0.169 e. The number of anilines is 2. The van der Waals surface area contributed by atoms with E-state index in [0.29, 0.717) is 11.6 Å². The molecule has 0 aromatic carbocycles. The minimum Gasteiger partial charge on any atom is -0.382 e. The number of aryl methyl sites for hydroxylation is 1. The van der Waals surface area contributed by atoms with Crippen LogP contribution in [0.5, 0.6) is 0 Å². The minimum absolute atomic E-state index is 0.124. The number of nitrogens with one attached hydrogen (secondary N) is 2. The highest BCUT2D eigenvalue weighted by molar-refractivity contribution is 5.57. The fourth-order valence-corrected chi connectivity index (χ4v) is 1.54. The summed E-state index contributed by atoms with van der Waals surface area (Å²) >= 11 is 0. The average Bonchev–Trinajstić information content (AvgIpc) is 2.59. The first-order valence-electron chi connectivity index (χ1n) is 5.15. The molecule has 16 heavy (non-hydrogen) atoms. The van der Waals surface area contributed by atoms with E-state index in [4.69, 9.17) is 5.73 Å². The van der Waals surface area contributed by atoms with Gasteiger partial charge in [0, 0.05) is 12.4 Å². The molecular weight excluding hydrogens is 202 g/mol. The van der Waals surface area contributed by atoms with Crippen LogP contribution < -0.4 is 11.1 Å². The van der Waals surface area contributed by atoms with E-state index < -0.39 is 0 Å². The van der Waals surface area contributed by atoms with Crippen molar-refractivity contribution in [2.24, 2.45) is 0 Å². The normalized spacial score (nSPS) is 12.4. The highest BCUT2D eigenvalue weighted by atomic mass is 15.1. The molecule has 0 spiro atoms. The third-order valence-corrected chi connectivity index (χ3v) is 2.39. The first-order valence-corrected chi connectivity index (χ1v) is 5.15. The number of nitrogens with zero attached hydrogens (tertiary/aromatic N) is 2. The summed E-state index contributed by atoms with van der Waals surface area (Å²) in [7, 11) is 0. The number of nitrogens with two attached hydrogens (primary N) is 1. The van der Waals surface area contributed by atoms with Crippen molar-refractivity contribution in [2.45, 2.75) is 19.9 Å². The van der Waals surface area contributed by atoms with Crippen LogP contribution in [0.15, 0.2) is 24.5 Å². The van der Waals surface area contributed by atoms with Crippen LogP contribution in [0.3, 0.4) is 0 Å². The smallest absolute Gasteiger partial charge is 0.169 e. The summed E-state index contributed by atoms with van der Waals surface area (Å²) in [6.07, 6.45) is 3.58. The van der Waals surface area contributed by atoms with E-state index in [1.165, 1.54) is 0 Å². The van der Waals surface area contributed by atoms with E-state index in [1.54, 1.807) is 6.20 Å². The second kappa shape index (κ2) is 4.22. The molecule has 0 aliphatic heterocycles. The largest absolute Gasteiger partial charge is 0.382 e. The highest BCUT2D eigenvalue weighted by Gasteiger charge is 2.09.